The second-order valence-corrected chi connectivity index (χ2v) is 5.05. The van der Waals surface area contributed by atoms with Gasteiger partial charge in [0.05, 0.1) is 7.05 Å². The minimum absolute atomic E-state index is 0.0455. The fraction of sp³-hybridized carbons (Fsp3) is 0.429. The molecule has 0 unspecified atom stereocenters. The second-order valence-electron chi connectivity index (χ2n) is 5.05. The highest BCUT2D eigenvalue weighted by Gasteiger charge is 2.28. The number of aliphatic carboxylic acids is 2. The van der Waals surface area contributed by atoms with E-state index in [0.717, 1.165) is 12.0 Å². The molecule has 2 N–H and O–H groups in total. The summed E-state index contributed by atoms with van der Waals surface area (Å²) in [5, 5.41) is 17.8. The van der Waals surface area contributed by atoms with Crippen LogP contribution in [0.2, 0.25) is 0 Å². The van der Waals surface area contributed by atoms with Crippen molar-refractivity contribution in [3.63, 3.8) is 0 Å². The normalized spacial score (nSPS) is 11.3. The van der Waals surface area contributed by atoms with E-state index in [-0.39, 0.29) is 17.6 Å². The molecule has 0 aliphatic rings. The minimum Gasteiger partial charge on any atom is -0.477 e. The molecular formula is C14H20NO4+. The Kier molecular flexibility index (Phi) is 5.06. The zero-order chi connectivity index (χ0) is 14.5. The van der Waals surface area contributed by atoms with Crippen molar-refractivity contribution in [1.29, 1.82) is 0 Å². The molecule has 104 valence electrons. The topological polar surface area (TPSA) is 74.6 Å². The standard InChI is InChI=1S/C14H19NO4/c1-3-11-4-6-12(7-5-11)8-15(2,9-13(16)17)10-14(18)19/h4-7H,3,8-10H2,1-2H3,(H-,16,17,18,19)/p+1. The zero-order valence-corrected chi connectivity index (χ0v) is 11.3. The lowest BCUT2D eigenvalue weighted by atomic mass is 10.1. The van der Waals surface area contributed by atoms with Crippen LogP contribution in [0.5, 0.6) is 0 Å². The smallest absolute Gasteiger partial charge is 0.359 e. The summed E-state index contributed by atoms with van der Waals surface area (Å²) in [7, 11) is 1.65. The number of hydrogen-bond acceptors (Lipinski definition) is 2. The number of carbonyl (C=O) groups is 2. The molecule has 19 heavy (non-hydrogen) atoms. The van der Waals surface area contributed by atoms with Crippen LogP contribution in [0.25, 0.3) is 0 Å². The first kappa shape index (κ1) is 15.2. The number of carboxylic acids is 2. The van der Waals surface area contributed by atoms with Crippen molar-refractivity contribution in [2.45, 2.75) is 19.9 Å². The van der Waals surface area contributed by atoms with Gasteiger partial charge in [-0.05, 0) is 12.0 Å². The van der Waals surface area contributed by atoms with Crippen molar-refractivity contribution >= 4 is 11.9 Å². The summed E-state index contributed by atoms with van der Waals surface area (Å²) in [6, 6.07) is 7.83. The molecule has 0 aliphatic carbocycles. The summed E-state index contributed by atoms with van der Waals surface area (Å²) in [5.74, 6) is -1.98. The summed E-state index contributed by atoms with van der Waals surface area (Å²) < 4.78 is -0.0455. The Labute approximate surface area is 112 Å². The van der Waals surface area contributed by atoms with E-state index in [4.69, 9.17) is 10.2 Å². The quantitative estimate of drug-likeness (QED) is 0.731. The molecule has 0 saturated heterocycles. The Morgan fingerprint density at radius 3 is 1.79 bits per heavy atom. The maximum atomic E-state index is 10.9. The van der Waals surface area contributed by atoms with Gasteiger partial charge in [-0.15, -0.1) is 0 Å². The molecule has 0 heterocycles. The average molecular weight is 266 g/mol. The first-order valence-corrected chi connectivity index (χ1v) is 6.19. The fourth-order valence-electron chi connectivity index (χ4n) is 2.14. The van der Waals surface area contributed by atoms with E-state index in [1.807, 2.05) is 24.3 Å². The first-order valence-electron chi connectivity index (χ1n) is 6.19. The van der Waals surface area contributed by atoms with Crippen LogP contribution in [0.3, 0.4) is 0 Å². The molecule has 0 spiro atoms. The molecule has 0 aliphatic heterocycles. The Morgan fingerprint density at radius 1 is 1.00 bits per heavy atom. The summed E-state index contributed by atoms with van der Waals surface area (Å²) in [5.41, 5.74) is 2.15. The number of carboxylic acid groups (broad SMARTS) is 2. The van der Waals surface area contributed by atoms with Crippen LogP contribution >= 0.6 is 0 Å². The van der Waals surface area contributed by atoms with E-state index in [1.165, 1.54) is 5.56 Å². The Morgan fingerprint density at radius 2 is 1.42 bits per heavy atom. The molecule has 0 atom stereocenters. The van der Waals surface area contributed by atoms with Crippen LogP contribution < -0.4 is 0 Å². The lowest BCUT2D eigenvalue weighted by molar-refractivity contribution is -0.908. The molecule has 0 saturated carbocycles. The number of aryl methyl sites for hydroxylation is 1. The number of benzene rings is 1. The van der Waals surface area contributed by atoms with Gasteiger partial charge >= 0.3 is 11.9 Å². The van der Waals surface area contributed by atoms with Crippen molar-refractivity contribution in [2.24, 2.45) is 0 Å². The van der Waals surface area contributed by atoms with E-state index < -0.39 is 11.9 Å². The molecule has 1 rings (SSSR count). The zero-order valence-electron chi connectivity index (χ0n) is 11.3. The SMILES string of the molecule is CCc1ccc(C[N+](C)(CC(=O)O)CC(=O)O)cc1. The van der Waals surface area contributed by atoms with Crippen molar-refractivity contribution in [2.75, 3.05) is 20.1 Å². The molecular weight excluding hydrogens is 246 g/mol. The van der Waals surface area contributed by atoms with Crippen LogP contribution in [-0.2, 0) is 22.6 Å². The van der Waals surface area contributed by atoms with Gasteiger partial charge in [0.15, 0.2) is 13.1 Å². The van der Waals surface area contributed by atoms with E-state index in [1.54, 1.807) is 7.05 Å². The van der Waals surface area contributed by atoms with Crippen molar-refractivity contribution < 1.29 is 24.3 Å². The molecule has 5 nitrogen and oxygen atoms in total. The number of likely N-dealkylation sites (N-methyl/N-ethyl adjacent to an activating group) is 1. The molecule has 0 bridgehead atoms. The third-order valence-electron chi connectivity index (χ3n) is 3.03. The van der Waals surface area contributed by atoms with E-state index in [2.05, 4.69) is 6.92 Å². The van der Waals surface area contributed by atoms with E-state index in [0.29, 0.717) is 6.54 Å². The lowest BCUT2D eigenvalue weighted by Crippen LogP contribution is -2.50. The number of hydrogen-bond donors (Lipinski definition) is 2. The fourth-order valence-corrected chi connectivity index (χ4v) is 2.14. The van der Waals surface area contributed by atoms with Gasteiger partial charge < -0.3 is 14.7 Å². The second kappa shape index (κ2) is 6.33. The Balaban J connectivity index is 2.86. The van der Waals surface area contributed by atoms with Crippen molar-refractivity contribution in [1.82, 2.24) is 0 Å². The average Bonchev–Trinajstić information content (AvgIpc) is 2.27. The first-order chi connectivity index (χ1) is 8.84. The Bertz CT molecular complexity index is 437. The van der Waals surface area contributed by atoms with Gasteiger partial charge in [0.25, 0.3) is 0 Å². The van der Waals surface area contributed by atoms with E-state index >= 15 is 0 Å². The van der Waals surface area contributed by atoms with Crippen LogP contribution in [-0.4, -0.2) is 46.8 Å². The number of rotatable bonds is 7. The monoisotopic (exact) mass is 266 g/mol. The minimum atomic E-state index is -0.992. The largest absolute Gasteiger partial charge is 0.477 e. The highest BCUT2D eigenvalue weighted by molar-refractivity contribution is 5.70. The van der Waals surface area contributed by atoms with Crippen LogP contribution in [0, 0.1) is 0 Å². The third-order valence-corrected chi connectivity index (χ3v) is 3.03. The Hall–Kier alpha value is -1.88. The molecule has 1 aromatic carbocycles. The molecule has 1 aromatic rings. The summed E-state index contributed by atoms with van der Waals surface area (Å²) in [6.07, 6.45) is 0.941. The van der Waals surface area contributed by atoms with Gasteiger partial charge in [-0.2, -0.15) is 0 Å². The molecule has 0 fully saturated rings. The van der Waals surface area contributed by atoms with Gasteiger partial charge in [0.2, 0.25) is 0 Å². The summed E-state index contributed by atoms with van der Waals surface area (Å²) >= 11 is 0. The predicted octanol–water partition coefficient (Wildman–Crippen LogP) is 1.36. The summed E-state index contributed by atoms with van der Waals surface area (Å²) in [4.78, 5) is 21.8. The third kappa shape index (κ3) is 5.09. The van der Waals surface area contributed by atoms with Gasteiger partial charge in [-0.25, -0.2) is 9.59 Å². The van der Waals surface area contributed by atoms with E-state index in [9.17, 15) is 9.59 Å². The number of quaternary nitrogens is 1. The van der Waals surface area contributed by atoms with Crippen LogP contribution in [0.1, 0.15) is 18.1 Å². The van der Waals surface area contributed by atoms with Crippen molar-refractivity contribution in [3.05, 3.63) is 35.4 Å². The molecule has 5 heteroatoms. The lowest BCUT2D eigenvalue weighted by Gasteiger charge is -2.31. The van der Waals surface area contributed by atoms with Gasteiger partial charge in [-0.1, -0.05) is 31.2 Å². The highest BCUT2D eigenvalue weighted by Crippen LogP contribution is 2.13. The predicted molar refractivity (Wildman–Crippen MR) is 70.7 cm³/mol. The van der Waals surface area contributed by atoms with Crippen LogP contribution in [0.4, 0.5) is 0 Å². The molecule has 0 amide bonds. The highest BCUT2D eigenvalue weighted by atomic mass is 16.4. The molecule has 0 radical (unpaired) electrons. The number of nitrogens with zero attached hydrogens (tertiary/aromatic N) is 1. The van der Waals surface area contributed by atoms with Gasteiger partial charge in [-0.3, -0.25) is 0 Å². The van der Waals surface area contributed by atoms with Gasteiger partial charge in [0, 0.05) is 5.56 Å². The summed E-state index contributed by atoms with van der Waals surface area (Å²) in [6.45, 7) is 2.04. The maximum Gasteiger partial charge on any atom is 0.359 e. The van der Waals surface area contributed by atoms with Crippen molar-refractivity contribution in [3.8, 4) is 0 Å². The molecule has 0 aromatic heterocycles. The van der Waals surface area contributed by atoms with Crippen LogP contribution in [0.15, 0.2) is 24.3 Å². The van der Waals surface area contributed by atoms with Gasteiger partial charge in [0.1, 0.15) is 6.54 Å². The maximum absolute atomic E-state index is 10.9.